The highest BCUT2D eigenvalue weighted by molar-refractivity contribution is 5.97. The van der Waals surface area contributed by atoms with Gasteiger partial charge in [-0.1, -0.05) is 0 Å². The smallest absolute Gasteiger partial charge is 0.254 e. The highest BCUT2D eigenvalue weighted by Crippen LogP contribution is 2.16. The minimum absolute atomic E-state index is 0.0200. The second-order valence-corrected chi connectivity index (χ2v) is 3.94. The van der Waals surface area contributed by atoms with Gasteiger partial charge in [-0.3, -0.25) is 4.79 Å². The Hall–Kier alpha value is -1.88. The average molecular weight is 232 g/mol. The van der Waals surface area contributed by atoms with Gasteiger partial charge < -0.3 is 14.1 Å². The zero-order valence-electron chi connectivity index (χ0n) is 9.26. The van der Waals surface area contributed by atoms with E-state index in [1.807, 2.05) is 0 Å². The Kier molecular flexibility index (Phi) is 2.53. The number of carbonyl (C=O) groups excluding carboxylic acids is 1. The van der Waals surface area contributed by atoms with Crippen molar-refractivity contribution >= 4 is 17.0 Å². The molecule has 17 heavy (non-hydrogen) atoms. The summed E-state index contributed by atoms with van der Waals surface area (Å²) in [7, 11) is 0. The summed E-state index contributed by atoms with van der Waals surface area (Å²) in [6.07, 6.45) is 1.38. The number of nitrogens with zero attached hydrogens (tertiary/aromatic N) is 2. The number of hydrogen-bond acceptors (Lipinski definition) is 4. The first-order chi connectivity index (χ1) is 8.34. The molecule has 1 aliphatic heterocycles. The van der Waals surface area contributed by atoms with E-state index in [-0.39, 0.29) is 5.91 Å². The Morgan fingerprint density at radius 1 is 1.29 bits per heavy atom. The standard InChI is InChI=1S/C12H12N2O3/c15-12(14-3-5-16-6-4-14)9-1-2-10-11(7-9)17-8-13-10/h1-2,7-8H,3-6H2. The first-order valence-corrected chi connectivity index (χ1v) is 5.55. The highest BCUT2D eigenvalue weighted by atomic mass is 16.5. The second kappa shape index (κ2) is 4.18. The van der Waals surface area contributed by atoms with E-state index in [4.69, 9.17) is 9.15 Å². The van der Waals surface area contributed by atoms with Gasteiger partial charge in [0.1, 0.15) is 5.52 Å². The monoisotopic (exact) mass is 232 g/mol. The van der Waals surface area contributed by atoms with Crippen molar-refractivity contribution in [3.05, 3.63) is 30.2 Å². The third-order valence-electron chi connectivity index (χ3n) is 2.88. The van der Waals surface area contributed by atoms with Crippen molar-refractivity contribution in [3.63, 3.8) is 0 Å². The summed E-state index contributed by atoms with van der Waals surface area (Å²) >= 11 is 0. The molecule has 1 aliphatic rings. The van der Waals surface area contributed by atoms with Crippen LogP contribution in [-0.4, -0.2) is 42.1 Å². The average Bonchev–Trinajstić information content (AvgIpc) is 2.86. The fraction of sp³-hybridized carbons (Fsp3) is 0.333. The summed E-state index contributed by atoms with van der Waals surface area (Å²) in [4.78, 5) is 18.0. The molecule has 0 atom stereocenters. The number of hydrogen-bond donors (Lipinski definition) is 0. The minimum atomic E-state index is 0.0200. The lowest BCUT2D eigenvalue weighted by Gasteiger charge is -2.26. The maximum Gasteiger partial charge on any atom is 0.254 e. The first-order valence-electron chi connectivity index (χ1n) is 5.55. The summed E-state index contributed by atoms with van der Waals surface area (Å²) in [5.41, 5.74) is 2.05. The lowest BCUT2D eigenvalue weighted by Crippen LogP contribution is -2.40. The van der Waals surface area contributed by atoms with Crippen molar-refractivity contribution in [2.24, 2.45) is 0 Å². The van der Waals surface area contributed by atoms with Gasteiger partial charge in [0, 0.05) is 18.7 Å². The van der Waals surface area contributed by atoms with Gasteiger partial charge in [-0.25, -0.2) is 4.98 Å². The molecule has 0 aliphatic carbocycles. The number of fused-ring (bicyclic) bond motifs is 1. The lowest BCUT2D eigenvalue weighted by molar-refractivity contribution is 0.0303. The minimum Gasteiger partial charge on any atom is -0.443 e. The lowest BCUT2D eigenvalue weighted by atomic mass is 10.1. The zero-order valence-corrected chi connectivity index (χ0v) is 9.26. The molecule has 0 spiro atoms. The maximum atomic E-state index is 12.2. The van der Waals surface area contributed by atoms with Gasteiger partial charge in [0.25, 0.3) is 5.91 Å². The number of carbonyl (C=O) groups is 1. The Morgan fingerprint density at radius 3 is 2.94 bits per heavy atom. The van der Waals surface area contributed by atoms with E-state index in [2.05, 4.69) is 4.98 Å². The Bertz CT molecular complexity index is 543. The Labute approximate surface area is 98.0 Å². The predicted octanol–water partition coefficient (Wildman–Crippen LogP) is 1.30. The number of ether oxygens (including phenoxy) is 1. The molecule has 1 fully saturated rings. The summed E-state index contributed by atoms with van der Waals surface area (Å²) in [6, 6.07) is 5.31. The molecule has 0 bridgehead atoms. The largest absolute Gasteiger partial charge is 0.443 e. The van der Waals surface area contributed by atoms with Gasteiger partial charge in [0.2, 0.25) is 0 Å². The van der Waals surface area contributed by atoms with Crippen molar-refractivity contribution in [2.45, 2.75) is 0 Å². The number of morpholine rings is 1. The van der Waals surface area contributed by atoms with Gasteiger partial charge in [-0.05, 0) is 18.2 Å². The zero-order chi connectivity index (χ0) is 11.7. The van der Waals surface area contributed by atoms with Crippen molar-refractivity contribution < 1.29 is 13.9 Å². The number of oxazole rings is 1. The van der Waals surface area contributed by atoms with Gasteiger partial charge in [-0.2, -0.15) is 0 Å². The molecule has 1 saturated heterocycles. The van der Waals surface area contributed by atoms with Crippen LogP contribution >= 0.6 is 0 Å². The molecule has 1 aromatic carbocycles. The van der Waals surface area contributed by atoms with E-state index < -0.39 is 0 Å². The SMILES string of the molecule is O=C(c1ccc2ncoc2c1)N1CCOCC1. The molecule has 0 radical (unpaired) electrons. The van der Waals surface area contributed by atoms with Crippen molar-refractivity contribution in [2.75, 3.05) is 26.3 Å². The van der Waals surface area contributed by atoms with Crippen molar-refractivity contribution in [1.29, 1.82) is 0 Å². The van der Waals surface area contributed by atoms with Crippen molar-refractivity contribution in [1.82, 2.24) is 9.88 Å². The van der Waals surface area contributed by atoms with Gasteiger partial charge in [-0.15, -0.1) is 0 Å². The molecule has 5 heteroatoms. The molecule has 5 nitrogen and oxygen atoms in total. The van der Waals surface area contributed by atoms with Crippen LogP contribution in [0.3, 0.4) is 0 Å². The number of benzene rings is 1. The van der Waals surface area contributed by atoms with Crippen LogP contribution in [0.5, 0.6) is 0 Å². The normalized spacial score (nSPS) is 16.4. The fourth-order valence-electron chi connectivity index (χ4n) is 1.94. The molecule has 1 aromatic heterocycles. The molecule has 1 amide bonds. The molecular weight excluding hydrogens is 220 g/mol. The van der Waals surface area contributed by atoms with E-state index in [9.17, 15) is 4.79 Å². The van der Waals surface area contributed by atoms with Gasteiger partial charge in [0.05, 0.1) is 13.2 Å². The van der Waals surface area contributed by atoms with Crippen LogP contribution in [-0.2, 0) is 4.74 Å². The predicted molar refractivity (Wildman–Crippen MR) is 60.7 cm³/mol. The topological polar surface area (TPSA) is 55.6 Å². The van der Waals surface area contributed by atoms with Crippen LogP contribution in [0.2, 0.25) is 0 Å². The Balaban J connectivity index is 1.88. The maximum absolute atomic E-state index is 12.2. The summed E-state index contributed by atoms with van der Waals surface area (Å²) < 4.78 is 10.4. The summed E-state index contributed by atoms with van der Waals surface area (Å²) in [5, 5.41) is 0. The van der Waals surface area contributed by atoms with Crippen LogP contribution in [0, 0.1) is 0 Å². The molecule has 88 valence electrons. The van der Waals surface area contributed by atoms with Gasteiger partial charge >= 0.3 is 0 Å². The number of aromatic nitrogens is 1. The van der Waals surface area contributed by atoms with E-state index >= 15 is 0 Å². The van der Waals surface area contributed by atoms with Crippen LogP contribution in [0.1, 0.15) is 10.4 Å². The van der Waals surface area contributed by atoms with Crippen LogP contribution in [0.15, 0.2) is 29.0 Å². The number of amides is 1. The molecular formula is C12H12N2O3. The third-order valence-corrected chi connectivity index (χ3v) is 2.88. The van der Waals surface area contributed by atoms with Crippen molar-refractivity contribution in [3.8, 4) is 0 Å². The molecule has 0 unspecified atom stereocenters. The van der Waals surface area contributed by atoms with E-state index in [1.165, 1.54) is 6.39 Å². The number of rotatable bonds is 1. The molecule has 2 heterocycles. The van der Waals surface area contributed by atoms with Crippen LogP contribution < -0.4 is 0 Å². The van der Waals surface area contributed by atoms with E-state index in [0.29, 0.717) is 37.4 Å². The second-order valence-electron chi connectivity index (χ2n) is 3.94. The fourth-order valence-corrected chi connectivity index (χ4v) is 1.94. The Morgan fingerprint density at radius 2 is 2.12 bits per heavy atom. The first kappa shape index (κ1) is 10.3. The quantitative estimate of drug-likeness (QED) is 0.743. The molecule has 2 aromatic rings. The third kappa shape index (κ3) is 1.89. The van der Waals surface area contributed by atoms with Gasteiger partial charge in [0.15, 0.2) is 12.0 Å². The molecule has 0 saturated carbocycles. The van der Waals surface area contributed by atoms with Crippen LogP contribution in [0.4, 0.5) is 0 Å². The summed E-state index contributed by atoms with van der Waals surface area (Å²) in [5.74, 6) is 0.0200. The highest BCUT2D eigenvalue weighted by Gasteiger charge is 2.18. The molecule has 0 N–H and O–H groups in total. The summed E-state index contributed by atoms with van der Waals surface area (Å²) in [6.45, 7) is 2.51. The van der Waals surface area contributed by atoms with E-state index in [1.54, 1.807) is 23.1 Å². The van der Waals surface area contributed by atoms with E-state index in [0.717, 1.165) is 5.52 Å². The van der Waals surface area contributed by atoms with Crippen LogP contribution in [0.25, 0.3) is 11.1 Å². The molecule has 3 rings (SSSR count).